The van der Waals surface area contributed by atoms with Gasteiger partial charge in [-0.25, -0.2) is 0 Å². The van der Waals surface area contributed by atoms with Gasteiger partial charge in [0.2, 0.25) is 0 Å². The molecular weight excluding hydrogens is 235 g/mol. The quantitative estimate of drug-likeness (QED) is 0.447. The van der Waals surface area contributed by atoms with Gasteiger partial charge in [0.05, 0.1) is 0 Å². The zero-order valence-electron chi connectivity index (χ0n) is 5.60. The average molecular weight is 248 g/mol. The summed E-state index contributed by atoms with van der Waals surface area (Å²) in [6.45, 7) is 3.13. The molecular formula is C4H13CdN3S. The fraction of sp³-hybridized carbons (Fsp3) is 1.00. The molecule has 0 rings (SSSR count). The Kier molecular flexibility index (Phi) is 22.5. The van der Waals surface area contributed by atoms with Gasteiger partial charge in [0.15, 0.2) is 0 Å². The van der Waals surface area contributed by atoms with Crippen LogP contribution in [0.5, 0.6) is 0 Å². The van der Waals surface area contributed by atoms with Gasteiger partial charge in [0, 0.05) is 26.2 Å². The second kappa shape index (κ2) is 16.0. The van der Waals surface area contributed by atoms with Crippen molar-refractivity contribution in [2.45, 2.75) is 0 Å². The Morgan fingerprint density at radius 1 is 1.11 bits per heavy atom. The van der Waals surface area contributed by atoms with Gasteiger partial charge >= 0.3 is 32.3 Å². The summed E-state index contributed by atoms with van der Waals surface area (Å²) < 4.78 is 0. The first-order valence-corrected chi connectivity index (χ1v) is 8.33. The third-order valence-corrected chi connectivity index (χ3v) is 0.642. The molecule has 0 aromatic carbocycles. The molecule has 0 aromatic rings. The van der Waals surface area contributed by atoms with E-state index in [2.05, 4.69) is 14.0 Å². The van der Waals surface area contributed by atoms with Crippen LogP contribution in [0.25, 0.3) is 0 Å². The molecule has 9 heavy (non-hydrogen) atoms. The van der Waals surface area contributed by atoms with Gasteiger partial charge in [0.1, 0.15) is 0 Å². The third-order valence-electron chi connectivity index (χ3n) is 0.642. The summed E-state index contributed by atoms with van der Waals surface area (Å²) in [6, 6.07) is 0. The molecule has 0 bridgehead atoms. The van der Waals surface area contributed by atoms with Gasteiger partial charge in [-0.2, -0.15) is 0 Å². The summed E-state index contributed by atoms with van der Waals surface area (Å²) in [5.41, 5.74) is 10.3. The van der Waals surface area contributed by atoms with Crippen LogP contribution in [0.2, 0.25) is 0 Å². The van der Waals surface area contributed by atoms with E-state index in [0.29, 0.717) is 13.1 Å². The molecule has 0 spiro atoms. The molecule has 0 atom stereocenters. The van der Waals surface area contributed by atoms with Gasteiger partial charge in [-0.05, 0) is 0 Å². The van der Waals surface area contributed by atoms with Crippen molar-refractivity contribution in [3.63, 3.8) is 0 Å². The second-order valence-electron chi connectivity index (χ2n) is 1.33. The van der Waals surface area contributed by atoms with Crippen LogP contribution in [-0.2, 0) is 23.7 Å². The molecule has 0 aromatic heterocycles. The fourth-order valence-electron chi connectivity index (χ4n) is 0.329. The van der Waals surface area contributed by atoms with Crippen molar-refractivity contribution >= 4 is 8.65 Å². The molecule has 0 saturated carbocycles. The molecule has 5 heteroatoms. The minimum atomic E-state index is 0.694. The van der Waals surface area contributed by atoms with Crippen molar-refractivity contribution in [1.29, 1.82) is 0 Å². The predicted octanol–water partition coefficient (Wildman–Crippen LogP) is -0.861. The standard InChI is InChI=1S/C4H13N3.Cd.S/c5-1-3-7-4-2-6;;/h7H,1-6H2;;. The molecule has 0 heterocycles. The van der Waals surface area contributed by atoms with Crippen LogP contribution in [0.3, 0.4) is 0 Å². The topological polar surface area (TPSA) is 64.1 Å². The van der Waals surface area contributed by atoms with E-state index in [4.69, 9.17) is 11.5 Å². The molecule has 0 fully saturated rings. The minimum absolute atomic E-state index is 0.694. The first kappa shape index (κ1) is 12.7. The van der Waals surface area contributed by atoms with Crippen molar-refractivity contribution in [3.05, 3.63) is 0 Å². The van der Waals surface area contributed by atoms with Crippen LogP contribution < -0.4 is 16.8 Å². The van der Waals surface area contributed by atoms with Crippen molar-refractivity contribution in [3.8, 4) is 0 Å². The molecule has 5 N–H and O–H groups in total. The Hall–Kier alpha value is 1.02. The zero-order chi connectivity index (χ0) is 7.54. The van der Waals surface area contributed by atoms with E-state index in [1.54, 1.807) is 0 Å². The van der Waals surface area contributed by atoms with Crippen LogP contribution in [0.15, 0.2) is 0 Å². The molecule has 0 saturated heterocycles. The Morgan fingerprint density at radius 2 is 1.44 bits per heavy atom. The van der Waals surface area contributed by atoms with Gasteiger partial charge in [-0.3, -0.25) is 0 Å². The molecule has 0 amide bonds. The van der Waals surface area contributed by atoms with Crippen LogP contribution in [-0.4, -0.2) is 26.2 Å². The molecule has 0 aliphatic rings. The van der Waals surface area contributed by atoms with Gasteiger partial charge in [-0.1, -0.05) is 0 Å². The number of nitrogens with two attached hydrogens (primary N) is 2. The van der Waals surface area contributed by atoms with Crippen LogP contribution in [0, 0.1) is 0 Å². The number of nitrogens with one attached hydrogen (secondary N) is 1. The Morgan fingerprint density at radius 3 is 1.67 bits per heavy atom. The van der Waals surface area contributed by atoms with E-state index in [1.807, 2.05) is 0 Å². The summed E-state index contributed by atoms with van der Waals surface area (Å²) in [6.07, 6.45) is 0. The van der Waals surface area contributed by atoms with Gasteiger partial charge < -0.3 is 16.8 Å². The van der Waals surface area contributed by atoms with Crippen molar-refractivity contribution in [2.75, 3.05) is 26.2 Å². The molecule has 0 aliphatic carbocycles. The first-order chi connectivity index (χ1) is 4.41. The Balaban J connectivity index is 0. The van der Waals surface area contributed by atoms with Gasteiger partial charge in [0.25, 0.3) is 0 Å². The Labute approximate surface area is 75.1 Å². The van der Waals surface area contributed by atoms with E-state index < -0.39 is 0 Å². The van der Waals surface area contributed by atoms with Crippen LogP contribution in [0.4, 0.5) is 0 Å². The molecule has 0 unspecified atom stereocenters. The zero-order valence-corrected chi connectivity index (χ0v) is 10.5. The van der Waals surface area contributed by atoms with Crippen LogP contribution >= 0.6 is 8.65 Å². The van der Waals surface area contributed by atoms with Crippen molar-refractivity contribution in [2.24, 2.45) is 11.5 Å². The normalized spacial score (nSPS) is 8.00. The van der Waals surface area contributed by atoms with Crippen molar-refractivity contribution in [1.82, 2.24) is 5.32 Å². The van der Waals surface area contributed by atoms with E-state index in [0.717, 1.165) is 36.8 Å². The fourth-order valence-corrected chi connectivity index (χ4v) is 0.329. The van der Waals surface area contributed by atoms with E-state index >= 15 is 0 Å². The molecule has 52 valence electrons. The van der Waals surface area contributed by atoms with E-state index in [1.165, 1.54) is 0 Å². The first-order valence-electron chi connectivity index (χ1n) is 2.81. The monoisotopic (exact) mass is 249 g/mol. The SMILES string of the molecule is NCCNCCN.[S]=[Cd]. The Bertz CT molecular complexity index is 42.8. The summed E-state index contributed by atoms with van der Waals surface area (Å²) in [7, 11) is 4.25. The molecule has 3 nitrogen and oxygen atoms in total. The van der Waals surface area contributed by atoms with Gasteiger partial charge in [-0.15, -0.1) is 0 Å². The number of rotatable bonds is 4. The number of hydrogen-bond acceptors (Lipinski definition) is 4. The molecule has 0 aliphatic heterocycles. The second-order valence-corrected chi connectivity index (χ2v) is 1.33. The van der Waals surface area contributed by atoms with Crippen LogP contribution in [0.1, 0.15) is 0 Å². The average Bonchev–Trinajstić information content (AvgIpc) is 1.94. The van der Waals surface area contributed by atoms with E-state index in [-0.39, 0.29) is 0 Å². The summed E-state index contributed by atoms with van der Waals surface area (Å²) in [4.78, 5) is 0. The maximum absolute atomic E-state index is 5.17. The molecule has 0 radical (unpaired) electrons. The van der Waals surface area contributed by atoms with Crippen molar-refractivity contribution < 1.29 is 23.7 Å². The van der Waals surface area contributed by atoms with E-state index in [9.17, 15) is 0 Å². The summed E-state index contributed by atoms with van der Waals surface area (Å²) in [5, 5.41) is 3.03. The maximum atomic E-state index is 5.17. The summed E-state index contributed by atoms with van der Waals surface area (Å²) >= 11 is 0.733. The third kappa shape index (κ3) is 17.6. The summed E-state index contributed by atoms with van der Waals surface area (Å²) in [5.74, 6) is 0. The predicted molar refractivity (Wildman–Crippen MR) is 38.6 cm³/mol. The number of hydrogen-bond donors (Lipinski definition) is 3.